The molecule has 0 unspecified atom stereocenters. The van der Waals surface area contributed by atoms with Crippen molar-refractivity contribution < 1.29 is 5.11 Å². The van der Waals surface area contributed by atoms with E-state index in [0.29, 0.717) is 16.7 Å². The van der Waals surface area contributed by atoms with Gasteiger partial charge in [-0.3, -0.25) is 0 Å². The predicted octanol–water partition coefficient (Wildman–Crippen LogP) is 8.89. The molecule has 0 spiro atoms. The molecule has 0 bridgehead atoms. The molecule has 1 aromatic rings. The lowest BCUT2D eigenvalue weighted by Crippen LogP contribution is -2.55. The molecule has 1 aromatic carbocycles. The Bertz CT molecular complexity index is 954. The van der Waals surface area contributed by atoms with Crippen molar-refractivity contribution in [2.45, 2.75) is 117 Å². The molecule has 1 N–H and O–H groups in total. The summed E-state index contributed by atoms with van der Waals surface area (Å²) < 4.78 is 0. The third kappa shape index (κ3) is 4.82. The molecular formula is C35H52O. The molecule has 0 aromatic heterocycles. The summed E-state index contributed by atoms with van der Waals surface area (Å²) in [4.78, 5) is 0. The van der Waals surface area contributed by atoms with E-state index in [4.69, 9.17) is 0 Å². The summed E-state index contributed by atoms with van der Waals surface area (Å²) in [5.41, 5.74) is 1.17. The number of rotatable bonds is 5. The predicted molar refractivity (Wildman–Crippen MR) is 151 cm³/mol. The van der Waals surface area contributed by atoms with Crippen LogP contribution in [-0.4, -0.2) is 10.7 Å². The fourth-order valence-electron chi connectivity index (χ4n) is 10.1. The lowest BCUT2D eigenvalue weighted by Gasteiger charge is -2.62. The SMILES string of the molecule is CC(C)CCC[C@H](C)[C@H]1CC[C@H]2[C@@H]3CC[C@H]4C[C@@](O)(C#Cc5ccccc5)CC[C@]4(C)[C@H]3CC[C@]12C. The summed E-state index contributed by atoms with van der Waals surface area (Å²) >= 11 is 0. The van der Waals surface area contributed by atoms with Crippen LogP contribution in [0.25, 0.3) is 0 Å². The summed E-state index contributed by atoms with van der Waals surface area (Å²) in [6.07, 6.45) is 15.6. The third-order valence-electron chi connectivity index (χ3n) is 12.1. The Morgan fingerprint density at radius 2 is 1.61 bits per heavy atom. The number of benzene rings is 1. The van der Waals surface area contributed by atoms with Crippen molar-refractivity contribution in [2.75, 3.05) is 0 Å². The summed E-state index contributed by atoms with van der Waals surface area (Å²) in [6, 6.07) is 10.2. The van der Waals surface area contributed by atoms with Crippen molar-refractivity contribution in [1.29, 1.82) is 0 Å². The Morgan fingerprint density at radius 3 is 2.36 bits per heavy atom. The van der Waals surface area contributed by atoms with Crippen LogP contribution < -0.4 is 0 Å². The van der Waals surface area contributed by atoms with E-state index < -0.39 is 5.60 Å². The van der Waals surface area contributed by atoms with Crippen molar-refractivity contribution >= 4 is 0 Å². The molecule has 1 nitrogen and oxygen atoms in total. The van der Waals surface area contributed by atoms with Gasteiger partial charge in [0.15, 0.2) is 0 Å². The maximum Gasteiger partial charge on any atom is 0.126 e. The number of hydrogen-bond donors (Lipinski definition) is 1. The van der Waals surface area contributed by atoms with Gasteiger partial charge in [0, 0.05) is 5.56 Å². The van der Waals surface area contributed by atoms with E-state index in [9.17, 15) is 5.11 Å². The second kappa shape index (κ2) is 10.1. The Hall–Kier alpha value is -1.26. The molecule has 0 amide bonds. The van der Waals surface area contributed by atoms with Crippen LogP contribution >= 0.6 is 0 Å². The Morgan fingerprint density at radius 1 is 0.861 bits per heavy atom. The average Bonchev–Trinajstić information content (AvgIpc) is 3.21. The molecule has 4 aliphatic rings. The zero-order valence-corrected chi connectivity index (χ0v) is 23.9. The molecule has 1 heteroatoms. The van der Waals surface area contributed by atoms with Crippen LogP contribution in [-0.2, 0) is 0 Å². The topological polar surface area (TPSA) is 20.2 Å². The normalized spacial score (nSPS) is 42.6. The van der Waals surface area contributed by atoms with E-state index in [1.165, 1.54) is 57.8 Å². The largest absolute Gasteiger partial charge is 0.378 e. The minimum absolute atomic E-state index is 0.395. The zero-order chi connectivity index (χ0) is 25.6. The number of fused-ring (bicyclic) bond motifs is 5. The lowest BCUT2D eigenvalue weighted by atomic mass is 9.43. The molecule has 0 aliphatic heterocycles. The highest BCUT2D eigenvalue weighted by Crippen LogP contribution is 2.68. The maximum atomic E-state index is 11.5. The van der Waals surface area contributed by atoms with E-state index in [2.05, 4.69) is 46.5 Å². The van der Waals surface area contributed by atoms with E-state index in [0.717, 1.165) is 60.3 Å². The van der Waals surface area contributed by atoms with Gasteiger partial charge in [0.2, 0.25) is 0 Å². The quantitative estimate of drug-likeness (QED) is 0.410. The average molecular weight is 489 g/mol. The second-order valence-corrected chi connectivity index (χ2v) is 14.5. The smallest absolute Gasteiger partial charge is 0.126 e. The minimum Gasteiger partial charge on any atom is -0.378 e. The van der Waals surface area contributed by atoms with Gasteiger partial charge in [-0.2, -0.15) is 0 Å². The van der Waals surface area contributed by atoms with Crippen LogP contribution in [0.15, 0.2) is 30.3 Å². The Kier molecular flexibility index (Phi) is 7.42. The highest BCUT2D eigenvalue weighted by Gasteiger charge is 2.61. The van der Waals surface area contributed by atoms with Gasteiger partial charge in [-0.1, -0.05) is 83.9 Å². The third-order valence-corrected chi connectivity index (χ3v) is 12.1. The van der Waals surface area contributed by atoms with Gasteiger partial charge in [0.1, 0.15) is 5.60 Å². The van der Waals surface area contributed by atoms with Crippen molar-refractivity contribution in [3.8, 4) is 11.8 Å². The molecule has 4 aliphatic carbocycles. The molecule has 0 heterocycles. The van der Waals surface area contributed by atoms with Gasteiger partial charge >= 0.3 is 0 Å². The molecule has 4 saturated carbocycles. The monoisotopic (exact) mass is 488 g/mol. The first-order valence-electron chi connectivity index (χ1n) is 15.5. The Balaban J connectivity index is 1.27. The fourth-order valence-corrected chi connectivity index (χ4v) is 10.1. The standard InChI is InChI=1S/C35H52O/c1-25(2)10-9-11-26(3)30-16-17-31-29-15-14-28-24-35(36,21-18-27-12-7-6-8-13-27)23-22-33(28,4)32(29)19-20-34(30,31)5/h6-8,12-13,25-26,28-32,36H,9-11,14-17,19-20,22-24H2,1-5H3/t26-,28-,29-,30+,31-,32-,33-,34+,35+/m0/s1. The van der Waals surface area contributed by atoms with E-state index in [1.54, 1.807) is 0 Å². The zero-order valence-electron chi connectivity index (χ0n) is 23.9. The highest BCUT2D eigenvalue weighted by atomic mass is 16.3. The van der Waals surface area contributed by atoms with Crippen LogP contribution in [0.5, 0.6) is 0 Å². The first-order chi connectivity index (χ1) is 17.1. The molecule has 0 radical (unpaired) electrons. The van der Waals surface area contributed by atoms with Crippen LogP contribution in [0.3, 0.4) is 0 Å². The van der Waals surface area contributed by atoms with Gasteiger partial charge < -0.3 is 5.11 Å². The Labute approximate surface area is 222 Å². The van der Waals surface area contributed by atoms with Crippen LogP contribution in [0.4, 0.5) is 0 Å². The highest BCUT2D eigenvalue weighted by molar-refractivity contribution is 5.36. The molecule has 0 saturated heterocycles. The van der Waals surface area contributed by atoms with Crippen molar-refractivity contribution in [3.05, 3.63) is 35.9 Å². The van der Waals surface area contributed by atoms with Gasteiger partial charge in [-0.25, -0.2) is 0 Å². The summed E-state index contributed by atoms with van der Waals surface area (Å²) in [5, 5.41) is 11.5. The van der Waals surface area contributed by atoms with Gasteiger partial charge in [-0.05, 0) is 122 Å². The van der Waals surface area contributed by atoms with E-state index in [-0.39, 0.29) is 0 Å². The summed E-state index contributed by atoms with van der Waals surface area (Å²) in [5.74, 6) is 12.6. The fraction of sp³-hybridized carbons (Fsp3) is 0.771. The maximum absolute atomic E-state index is 11.5. The van der Waals surface area contributed by atoms with E-state index in [1.807, 2.05) is 30.3 Å². The first kappa shape index (κ1) is 26.4. The number of hydrogen-bond acceptors (Lipinski definition) is 1. The summed E-state index contributed by atoms with van der Waals surface area (Å²) in [6.45, 7) is 12.6. The molecule has 198 valence electrons. The van der Waals surface area contributed by atoms with Crippen LogP contribution in [0.1, 0.15) is 117 Å². The molecular weight excluding hydrogens is 436 g/mol. The van der Waals surface area contributed by atoms with Crippen molar-refractivity contribution in [3.63, 3.8) is 0 Å². The molecule has 4 fully saturated rings. The first-order valence-corrected chi connectivity index (χ1v) is 15.5. The van der Waals surface area contributed by atoms with Crippen LogP contribution in [0, 0.1) is 64.1 Å². The minimum atomic E-state index is -0.806. The molecule has 36 heavy (non-hydrogen) atoms. The van der Waals surface area contributed by atoms with Crippen LogP contribution in [0.2, 0.25) is 0 Å². The van der Waals surface area contributed by atoms with Gasteiger partial charge in [0.25, 0.3) is 0 Å². The van der Waals surface area contributed by atoms with Gasteiger partial charge in [0.05, 0.1) is 0 Å². The molecule has 5 rings (SSSR count). The lowest BCUT2D eigenvalue weighted by molar-refractivity contribution is -0.140. The molecule has 9 atom stereocenters. The number of aliphatic hydroxyl groups is 1. The van der Waals surface area contributed by atoms with Crippen molar-refractivity contribution in [1.82, 2.24) is 0 Å². The summed E-state index contributed by atoms with van der Waals surface area (Å²) in [7, 11) is 0. The van der Waals surface area contributed by atoms with Gasteiger partial charge in [-0.15, -0.1) is 0 Å². The van der Waals surface area contributed by atoms with E-state index >= 15 is 0 Å². The van der Waals surface area contributed by atoms with Crippen molar-refractivity contribution in [2.24, 2.45) is 52.3 Å². The second-order valence-electron chi connectivity index (χ2n) is 14.5.